The Bertz CT molecular complexity index is 107. The van der Waals surface area contributed by atoms with Crippen molar-refractivity contribution in [2.24, 2.45) is 0 Å². The summed E-state index contributed by atoms with van der Waals surface area (Å²) in [7, 11) is 2.09. The van der Waals surface area contributed by atoms with Gasteiger partial charge in [-0.15, -0.1) is 0 Å². The molecule has 0 fully saturated rings. The molecule has 0 spiro atoms. The monoisotopic (exact) mass is 112 g/mol. The molecule has 0 saturated heterocycles. The van der Waals surface area contributed by atoms with Crippen molar-refractivity contribution in [2.45, 2.75) is 13.3 Å². The van der Waals surface area contributed by atoms with Gasteiger partial charge in [-0.1, -0.05) is 6.92 Å². The standard InChI is InChI=1S/C6H12N2/c1-3-6-4-7-5-8(6)2/h4,7H,3,5H2,1-2H3. The lowest BCUT2D eigenvalue weighted by Gasteiger charge is -2.11. The van der Waals surface area contributed by atoms with E-state index >= 15 is 0 Å². The second-order valence-electron chi connectivity index (χ2n) is 2.05. The fraction of sp³-hybridized carbons (Fsp3) is 0.667. The van der Waals surface area contributed by atoms with E-state index in [4.69, 9.17) is 0 Å². The lowest BCUT2D eigenvalue weighted by atomic mass is 10.3. The van der Waals surface area contributed by atoms with E-state index in [1.165, 1.54) is 5.70 Å². The lowest BCUT2D eigenvalue weighted by Crippen LogP contribution is -2.17. The molecule has 2 nitrogen and oxygen atoms in total. The van der Waals surface area contributed by atoms with Crippen LogP contribution in [0.1, 0.15) is 13.3 Å². The Morgan fingerprint density at radius 2 is 2.62 bits per heavy atom. The van der Waals surface area contributed by atoms with E-state index in [0.717, 1.165) is 13.1 Å². The average molecular weight is 112 g/mol. The predicted molar refractivity (Wildman–Crippen MR) is 34.1 cm³/mol. The van der Waals surface area contributed by atoms with Crippen LogP contribution in [0.25, 0.3) is 0 Å². The largest absolute Gasteiger partial charge is 0.372 e. The Morgan fingerprint density at radius 3 is 2.88 bits per heavy atom. The first-order valence-corrected chi connectivity index (χ1v) is 2.98. The van der Waals surface area contributed by atoms with Crippen LogP contribution in [0.4, 0.5) is 0 Å². The van der Waals surface area contributed by atoms with Gasteiger partial charge in [0.15, 0.2) is 0 Å². The smallest absolute Gasteiger partial charge is 0.0866 e. The highest BCUT2D eigenvalue weighted by Gasteiger charge is 2.05. The van der Waals surface area contributed by atoms with Crippen LogP contribution in [-0.2, 0) is 0 Å². The molecule has 46 valence electrons. The maximum absolute atomic E-state index is 3.14. The first-order valence-electron chi connectivity index (χ1n) is 2.98. The highest BCUT2D eigenvalue weighted by molar-refractivity contribution is 5.02. The maximum atomic E-state index is 3.14. The molecule has 0 saturated carbocycles. The summed E-state index contributed by atoms with van der Waals surface area (Å²) in [5.74, 6) is 0. The van der Waals surface area contributed by atoms with Gasteiger partial charge in [0.25, 0.3) is 0 Å². The topological polar surface area (TPSA) is 15.3 Å². The summed E-state index contributed by atoms with van der Waals surface area (Å²) in [4.78, 5) is 2.21. The van der Waals surface area contributed by atoms with E-state index in [2.05, 4.69) is 30.4 Å². The molecule has 0 unspecified atom stereocenters. The minimum Gasteiger partial charge on any atom is -0.372 e. The Hall–Kier alpha value is -0.660. The van der Waals surface area contributed by atoms with Gasteiger partial charge in [-0.25, -0.2) is 0 Å². The second-order valence-corrected chi connectivity index (χ2v) is 2.05. The van der Waals surface area contributed by atoms with Crippen LogP contribution < -0.4 is 5.32 Å². The van der Waals surface area contributed by atoms with Crippen LogP contribution in [0.2, 0.25) is 0 Å². The van der Waals surface area contributed by atoms with Crippen LogP contribution in [-0.4, -0.2) is 18.6 Å². The predicted octanol–water partition coefficient (Wildman–Crippen LogP) is 0.730. The third-order valence-electron chi connectivity index (χ3n) is 1.45. The van der Waals surface area contributed by atoms with Gasteiger partial charge in [-0.3, -0.25) is 0 Å². The van der Waals surface area contributed by atoms with Gasteiger partial charge >= 0.3 is 0 Å². The zero-order valence-corrected chi connectivity index (χ0v) is 5.44. The van der Waals surface area contributed by atoms with Gasteiger partial charge in [0.1, 0.15) is 0 Å². The number of hydrogen-bond acceptors (Lipinski definition) is 2. The van der Waals surface area contributed by atoms with E-state index in [1.54, 1.807) is 0 Å². The van der Waals surface area contributed by atoms with Crippen LogP contribution in [0.3, 0.4) is 0 Å². The van der Waals surface area contributed by atoms with Gasteiger partial charge in [-0.05, 0) is 6.42 Å². The molecule has 0 aliphatic carbocycles. The van der Waals surface area contributed by atoms with Gasteiger partial charge < -0.3 is 10.2 Å². The fourth-order valence-corrected chi connectivity index (χ4v) is 0.884. The van der Waals surface area contributed by atoms with Crippen molar-refractivity contribution >= 4 is 0 Å². The molecule has 1 aliphatic heterocycles. The molecule has 0 aromatic heterocycles. The van der Waals surface area contributed by atoms with Crippen molar-refractivity contribution in [3.8, 4) is 0 Å². The number of allylic oxidation sites excluding steroid dienone is 1. The van der Waals surface area contributed by atoms with E-state index in [0.29, 0.717) is 0 Å². The molecule has 8 heavy (non-hydrogen) atoms. The number of nitrogens with zero attached hydrogens (tertiary/aromatic N) is 1. The van der Waals surface area contributed by atoms with Gasteiger partial charge in [0, 0.05) is 18.9 Å². The Balaban J connectivity index is 2.49. The summed E-state index contributed by atoms with van der Waals surface area (Å²) in [5, 5.41) is 3.14. The normalized spacial score (nSPS) is 18.2. The summed E-state index contributed by atoms with van der Waals surface area (Å²) in [6.45, 7) is 3.14. The minimum absolute atomic E-state index is 0.975. The first kappa shape index (κ1) is 5.48. The Labute approximate surface area is 50.2 Å². The molecule has 1 rings (SSSR count). The van der Waals surface area contributed by atoms with Crippen molar-refractivity contribution in [1.29, 1.82) is 0 Å². The first-order chi connectivity index (χ1) is 3.84. The zero-order valence-electron chi connectivity index (χ0n) is 5.44. The fourth-order valence-electron chi connectivity index (χ4n) is 0.884. The molecular weight excluding hydrogens is 100 g/mol. The van der Waals surface area contributed by atoms with Crippen molar-refractivity contribution in [2.75, 3.05) is 13.7 Å². The Kier molecular flexibility index (Phi) is 1.42. The number of nitrogens with one attached hydrogen (secondary N) is 1. The molecule has 0 aromatic carbocycles. The molecule has 1 heterocycles. The Morgan fingerprint density at radius 1 is 1.88 bits per heavy atom. The number of rotatable bonds is 1. The molecular formula is C6H12N2. The summed E-state index contributed by atoms with van der Waals surface area (Å²) < 4.78 is 0. The van der Waals surface area contributed by atoms with Crippen LogP contribution in [0.5, 0.6) is 0 Å². The molecule has 1 aliphatic rings. The van der Waals surface area contributed by atoms with E-state index < -0.39 is 0 Å². The summed E-state index contributed by atoms with van der Waals surface area (Å²) in [6.07, 6.45) is 3.20. The third kappa shape index (κ3) is 0.782. The lowest BCUT2D eigenvalue weighted by molar-refractivity contribution is 0.430. The number of hydrogen-bond donors (Lipinski definition) is 1. The summed E-state index contributed by atoms with van der Waals surface area (Å²) in [5.41, 5.74) is 1.39. The van der Waals surface area contributed by atoms with E-state index in [9.17, 15) is 0 Å². The van der Waals surface area contributed by atoms with Crippen molar-refractivity contribution in [3.05, 3.63) is 11.9 Å². The molecule has 1 N–H and O–H groups in total. The van der Waals surface area contributed by atoms with E-state index in [1.807, 2.05) is 0 Å². The highest BCUT2D eigenvalue weighted by Crippen LogP contribution is 2.07. The van der Waals surface area contributed by atoms with Crippen molar-refractivity contribution < 1.29 is 0 Å². The van der Waals surface area contributed by atoms with E-state index in [-0.39, 0.29) is 0 Å². The molecule has 0 radical (unpaired) electrons. The van der Waals surface area contributed by atoms with Crippen LogP contribution >= 0.6 is 0 Å². The van der Waals surface area contributed by atoms with Crippen LogP contribution in [0.15, 0.2) is 11.9 Å². The highest BCUT2D eigenvalue weighted by atomic mass is 15.2. The summed E-state index contributed by atoms with van der Waals surface area (Å²) >= 11 is 0. The van der Waals surface area contributed by atoms with Crippen LogP contribution in [0, 0.1) is 0 Å². The van der Waals surface area contributed by atoms with Crippen molar-refractivity contribution in [3.63, 3.8) is 0 Å². The maximum Gasteiger partial charge on any atom is 0.0866 e. The third-order valence-corrected chi connectivity index (χ3v) is 1.45. The second kappa shape index (κ2) is 2.07. The van der Waals surface area contributed by atoms with Gasteiger partial charge in [0.2, 0.25) is 0 Å². The quantitative estimate of drug-likeness (QED) is 0.538. The average Bonchev–Trinajstić information content (AvgIpc) is 2.14. The SMILES string of the molecule is CCC1=CNCN1C. The van der Waals surface area contributed by atoms with Crippen molar-refractivity contribution in [1.82, 2.24) is 10.2 Å². The molecule has 2 heteroatoms. The minimum atomic E-state index is 0.975. The van der Waals surface area contributed by atoms with Gasteiger partial charge in [-0.2, -0.15) is 0 Å². The summed E-state index contributed by atoms with van der Waals surface area (Å²) in [6, 6.07) is 0. The molecule has 0 atom stereocenters. The molecule has 0 amide bonds. The zero-order chi connectivity index (χ0) is 5.98. The van der Waals surface area contributed by atoms with Gasteiger partial charge in [0.05, 0.1) is 6.67 Å². The molecule has 0 bridgehead atoms. The molecule has 0 aromatic rings.